The summed E-state index contributed by atoms with van der Waals surface area (Å²) in [5.74, 6) is -3.24. The monoisotopic (exact) mass is 522 g/mol. The highest BCUT2D eigenvalue weighted by molar-refractivity contribution is 7.16. The minimum Gasteiger partial charge on any atom is -0.475 e. The molecule has 2 amide bonds. The molecule has 1 aromatic heterocycles. The molecule has 8 nitrogen and oxygen atoms in total. The molecule has 12 heteroatoms. The molecule has 192 valence electrons. The molecule has 0 fully saturated rings. The predicted molar refractivity (Wildman–Crippen MR) is 132 cm³/mol. The summed E-state index contributed by atoms with van der Waals surface area (Å²) in [5.41, 5.74) is 14.7. The van der Waals surface area contributed by atoms with Crippen molar-refractivity contribution >= 4 is 40.5 Å². The lowest BCUT2D eigenvalue weighted by Crippen LogP contribution is -2.21. The topological polar surface area (TPSA) is 148 Å². The van der Waals surface area contributed by atoms with Crippen molar-refractivity contribution in [2.45, 2.75) is 19.0 Å². The Morgan fingerprint density at radius 1 is 0.722 bits per heavy atom. The van der Waals surface area contributed by atoms with Crippen LogP contribution in [0.1, 0.15) is 30.5 Å². The van der Waals surface area contributed by atoms with Crippen molar-refractivity contribution in [3.63, 3.8) is 0 Å². The van der Waals surface area contributed by atoms with Crippen LogP contribution in [0.3, 0.4) is 0 Å². The lowest BCUT2D eigenvalue weighted by molar-refractivity contribution is -0.192. The maximum atomic E-state index is 12.5. The summed E-state index contributed by atoms with van der Waals surface area (Å²) in [6.07, 6.45) is -3.49. The highest BCUT2D eigenvalue weighted by atomic mass is 32.1. The van der Waals surface area contributed by atoms with Crippen molar-refractivity contribution in [2.24, 2.45) is 11.5 Å². The normalized spacial score (nSPS) is 10.7. The number of hydrogen-bond donors (Lipinski definition) is 5. The van der Waals surface area contributed by atoms with Gasteiger partial charge in [-0.3, -0.25) is 9.59 Å². The molecule has 0 saturated heterocycles. The molecule has 0 atom stereocenters. The smallest absolute Gasteiger partial charge is 0.475 e. The highest BCUT2D eigenvalue weighted by Crippen LogP contribution is 2.21. The Kier molecular flexibility index (Phi) is 10.6. The van der Waals surface area contributed by atoms with E-state index in [1.165, 1.54) is 0 Å². The Balaban J connectivity index is 0.000000572. The summed E-state index contributed by atoms with van der Waals surface area (Å²) in [6.45, 7) is 1.17. The number of carboxylic acid groups (broad SMARTS) is 1. The molecule has 2 aromatic carbocycles. The van der Waals surface area contributed by atoms with Gasteiger partial charge in [0.15, 0.2) is 0 Å². The fourth-order valence-electron chi connectivity index (χ4n) is 2.81. The number of carboxylic acids is 1. The van der Waals surface area contributed by atoms with Crippen molar-refractivity contribution in [2.75, 3.05) is 23.7 Å². The van der Waals surface area contributed by atoms with Gasteiger partial charge in [-0.1, -0.05) is 24.3 Å². The van der Waals surface area contributed by atoms with Gasteiger partial charge in [0, 0.05) is 11.4 Å². The van der Waals surface area contributed by atoms with Crippen LogP contribution >= 0.6 is 11.3 Å². The molecule has 0 radical (unpaired) electrons. The lowest BCUT2D eigenvalue weighted by atomic mass is 10.1. The zero-order valence-corrected chi connectivity index (χ0v) is 19.8. The van der Waals surface area contributed by atoms with Crippen molar-refractivity contribution in [1.82, 2.24) is 0 Å². The molecule has 7 N–H and O–H groups in total. The minimum atomic E-state index is -5.08. The summed E-state index contributed by atoms with van der Waals surface area (Å²) in [6, 6.07) is 18.4. The van der Waals surface area contributed by atoms with Crippen LogP contribution in [0.4, 0.5) is 24.5 Å². The van der Waals surface area contributed by atoms with Gasteiger partial charge in [0.1, 0.15) is 0 Å². The first-order chi connectivity index (χ1) is 17.0. The standard InChI is InChI=1S/C22H24N4O2S.C2HF3O2/c23-13-11-15-1-5-17(6-2-15)25-21(27)19-9-10-20(29-19)22(28)26-18-7-3-16(4-8-18)12-14-24;3-2(4,5)1(6)7/h1-10H,11-14,23-24H2,(H,25,27)(H,26,28);(H,6,7). The van der Waals surface area contributed by atoms with E-state index in [4.69, 9.17) is 21.4 Å². The average molecular weight is 523 g/mol. The van der Waals surface area contributed by atoms with Crippen LogP contribution in [0, 0.1) is 0 Å². The van der Waals surface area contributed by atoms with E-state index < -0.39 is 12.1 Å². The van der Waals surface area contributed by atoms with E-state index in [1.54, 1.807) is 12.1 Å². The van der Waals surface area contributed by atoms with Crippen LogP contribution in [-0.2, 0) is 17.6 Å². The number of hydrogen-bond acceptors (Lipinski definition) is 6. The molecule has 36 heavy (non-hydrogen) atoms. The minimum absolute atomic E-state index is 0.244. The van der Waals surface area contributed by atoms with Crippen LogP contribution in [0.5, 0.6) is 0 Å². The van der Waals surface area contributed by atoms with Crippen LogP contribution < -0.4 is 22.1 Å². The number of carbonyl (C=O) groups excluding carboxylic acids is 2. The summed E-state index contributed by atoms with van der Waals surface area (Å²) in [7, 11) is 0. The summed E-state index contributed by atoms with van der Waals surface area (Å²) >= 11 is 1.15. The maximum absolute atomic E-state index is 12.5. The molecule has 0 aliphatic carbocycles. The lowest BCUT2D eigenvalue weighted by Gasteiger charge is -2.06. The summed E-state index contributed by atoms with van der Waals surface area (Å²) < 4.78 is 31.7. The first kappa shape index (κ1) is 28.5. The molecule has 0 aliphatic rings. The molecule has 0 saturated carbocycles. The molecule has 0 bridgehead atoms. The molecule has 3 rings (SSSR count). The second-order valence-electron chi connectivity index (χ2n) is 7.35. The predicted octanol–water partition coefficient (Wildman–Crippen LogP) is 3.89. The first-order valence-corrected chi connectivity index (χ1v) is 11.5. The zero-order chi connectivity index (χ0) is 26.7. The molecular weight excluding hydrogens is 497 g/mol. The number of nitrogens with two attached hydrogens (primary N) is 2. The SMILES string of the molecule is NCCc1ccc(NC(=O)c2ccc(C(=O)Nc3ccc(CCN)cc3)s2)cc1.O=C(O)C(F)(F)F. The summed E-state index contributed by atoms with van der Waals surface area (Å²) in [5, 5.41) is 12.8. The van der Waals surface area contributed by atoms with Gasteiger partial charge in [-0.15, -0.1) is 11.3 Å². The molecule has 0 aliphatic heterocycles. The van der Waals surface area contributed by atoms with Gasteiger partial charge in [-0.05, 0) is 73.5 Å². The number of anilines is 2. The fourth-order valence-corrected chi connectivity index (χ4v) is 3.61. The van der Waals surface area contributed by atoms with E-state index >= 15 is 0 Å². The maximum Gasteiger partial charge on any atom is 0.490 e. The Bertz CT molecular complexity index is 1090. The molecular formula is C24H25F3N4O4S. The van der Waals surface area contributed by atoms with E-state index in [9.17, 15) is 22.8 Å². The van der Waals surface area contributed by atoms with E-state index in [2.05, 4.69) is 10.6 Å². The van der Waals surface area contributed by atoms with Gasteiger partial charge in [0.2, 0.25) is 0 Å². The average Bonchev–Trinajstić information content (AvgIpc) is 3.33. The second-order valence-corrected chi connectivity index (χ2v) is 8.43. The number of carbonyl (C=O) groups is 3. The van der Waals surface area contributed by atoms with Crippen molar-refractivity contribution < 1.29 is 32.7 Å². The van der Waals surface area contributed by atoms with Gasteiger partial charge in [0.25, 0.3) is 11.8 Å². The number of alkyl halides is 3. The number of nitrogens with one attached hydrogen (secondary N) is 2. The number of benzene rings is 2. The van der Waals surface area contributed by atoms with Crippen LogP contribution in [0.15, 0.2) is 60.7 Å². The molecule has 0 unspecified atom stereocenters. The van der Waals surface area contributed by atoms with Crippen LogP contribution in [-0.4, -0.2) is 42.2 Å². The van der Waals surface area contributed by atoms with Crippen LogP contribution in [0.25, 0.3) is 0 Å². The van der Waals surface area contributed by atoms with Gasteiger partial charge < -0.3 is 27.2 Å². The molecule has 3 aromatic rings. The second kappa shape index (κ2) is 13.4. The third-order valence-electron chi connectivity index (χ3n) is 4.59. The van der Waals surface area contributed by atoms with E-state index in [-0.39, 0.29) is 11.8 Å². The number of thiophene rings is 1. The van der Waals surface area contributed by atoms with E-state index in [1.807, 2.05) is 48.5 Å². The first-order valence-electron chi connectivity index (χ1n) is 10.6. The molecule has 1 heterocycles. The summed E-state index contributed by atoms with van der Waals surface area (Å²) in [4.78, 5) is 34.8. The number of rotatable bonds is 8. The van der Waals surface area contributed by atoms with Crippen LogP contribution in [0.2, 0.25) is 0 Å². The number of halogens is 3. The van der Waals surface area contributed by atoms with Gasteiger partial charge in [-0.25, -0.2) is 4.79 Å². The van der Waals surface area contributed by atoms with Gasteiger partial charge >= 0.3 is 12.1 Å². The molecule has 0 spiro atoms. The van der Waals surface area contributed by atoms with Gasteiger partial charge in [-0.2, -0.15) is 13.2 Å². The Hall–Kier alpha value is -3.74. The number of aliphatic carboxylic acids is 1. The van der Waals surface area contributed by atoms with Crippen molar-refractivity contribution in [1.29, 1.82) is 0 Å². The van der Waals surface area contributed by atoms with E-state index in [0.29, 0.717) is 34.2 Å². The fraction of sp³-hybridized carbons (Fsp3) is 0.208. The third kappa shape index (κ3) is 9.13. The Morgan fingerprint density at radius 2 is 1.06 bits per heavy atom. The van der Waals surface area contributed by atoms with Crippen molar-refractivity contribution in [3.05, 3.63) is 81.5 Å². The van der Waals surface area contributed by atoms with E-state index in [0.717, 1.165) is 35.3 Å². The number of amides is 2. The Labute approximate surface area is 209 Å². The highest BCUT2D eigenvalue weighted by Gasteiger charge is 2.38. The Morgan fingerprint density at radius 3 is 1.33 bits per heavy atom. The van der Waals surface area contributed by atoms with Crippen molar-refractivity contribution in [3.8, 4) is 0 Å². The zero-order valence-electron chi connectivity index (χ0n) is 19.0. The van der Waals surface area contributed by atoms with Gasteiger partial charge in [0.05, 0.1) is 9.75 Å². The largest absolute Gasteiger partial charge is 0.490 e. The third-order valence-corrected chi connectivity index (χ3v) is 5.67. The quantitative estimate of drug-likeness (QED) is 0.303.